The highest BCUT2D eigenvalue weighted by atomic mass is 19.1. The number of carbonyl (C=O) groups excluding carboxylic acids is 1. The quantitative estimate of drug-likeness (QED) is 0.854. The summed E-state index contributed by atoms with van der Waals surface area (Å²) in [6.07, 6.45) is 1.30. The van der Waals surface area contributed by atoms with Gasteiger partial charge in [-0.3, -0.25) is 0 Å². The molecule has 99 valence electrons. The lowest BCUT2D eigenvalue weighted by Gasteiger charge is -2.05. The molecule has 2 aromatic rings. The second kappa shape index (κ2) is 4.73. The van der Waals surface area contributed by atoms with E-state index < -0.39 is 12.0 Å². The van der Waals surface area contributed by atoms with Crippen LogP contribution in [0.25, 0.3) is 11.4 Å². The Hall–Kier alpha value is -2.76. The minimum absolute atomic E-state index is 0.348. The van der Waals surface area contributed by atoms with Crippen LogP contribution in [-0.4, -0.2) is 11.0 Å². The minimum atomic E-state index is -0.658. The minimum Gasteiger partial charge on any atom is -0.303 e. The van der Waals surface area contributed by atoms with Crippen LogP contribution in [0.1, 0.15) is 11.1 Å². The van der Waals surface area contributed by atoms with Gasteiger partial charge in [-0.05, 0) is 30.3 Å². The van der Waals surface area contributed by atoms with E-state index in [0.29, 0.717) is 22.5 Å². The van der Waals surface area contributed by atoms with E-state index in [1.165, 1.54) is 36.5 Å². The molecule has 0 saturated heterocycles. The van der Waals surface area contributed by atoms with Crippen molar-refractivity contribution in [3.05, 3.63) is 65.5 Å². The highest BCUT2D eigenvalue weighted by molar-refractivity contribution is 6.06. The number of hydrogen-bond donors (Lipinski definition) is 1. The first kappa shape index (κ1) is 12.3. The molecule has 1 N–H and O–H groups in total. The maximum atomic E-state index is 13.2. The maximum absolute atomic E-state index is 13.2. The normalized spacial score (nSPS) is 14.2. The molecule has 0 aliphatic carbocycles. The van der Waals surface area contributed by atoms with Crippen LogP contribution < -0.4 is 10.6 Å². The van der Waals surface area contributed by atoms with Crippen LogP contribution in [0.5, 0.6) is 0 Å². The van der Waals surface area contributed by atoms with Gasteiger partial charge in [0.05, 0.1) is 5.70 Å². The molecule has 1 aliphatic rings. The lowest BCUT2D eigenvalue weighted by Crippen LogP contribution is -2.18. The predicted molar refractivity (Wildman–Crippen MR) is 68.1 cm³/mol. The number of hydrogen-bond acceptors (Lipinski definition) is 2. The van der Waals surface area contributed by atoms with Gasteiger partial charge < -0.3 is 5.32 Å². The number of carbonyl (C=O) groups is 1. The van der Waals surface area contributed by atoms with Crippen molar-refractivity contribution in [3.63, 3.8) is 0 Å². The zero-order valence-electron chi connectivity index (χ0n) is 10.1. The molecule has 1 aromatic carbocycles. The van der Waals surface area contributed by atoms with Crippen LogP contribution in [-0.2, 0) is 0 Å². The average Bonchev–Trinajstić information content (AvgIpc) is 2.82. The number of pyridine rings is 1. The molecule has 1 aromatic heterocycles. The summed E-state index contributed by atoms with van der Waals surface area (Å²) in [6.45, 7) is 0. The van der Waals surface area contributed by atoms with Gasteiger partial charge in [0.2, 0.25) is 5.95 Å². The summed E-state index contributed by atoms with van der Waals surface area (Å²) in [7, 11) is 0. The fraction of sp³-hybridized carbons (Fsp3) is 0. The fourth-order valence-corrected chi connectivity index (χ4v) is 1.94. The number of rotatable bonds is 2. The Kier molecular flexibility index (Phi) is 2.90. The number of nitrogens with zero attached hydrogens (tertiary/aromatic N) is 2. The van der Waals surface area contributed by atoms with E-state index in [9.17, 15) is 13.6 Å². The topological polar surface area (TPSA) is 56.1 Å². The fourth-order valence-electron chi connectivity index (χ4n) is 1.94. The molecule has 4 nitrogen and oxygen atoms in total. The van der Waals surface area contributed by atoms with Crippen molar-refractivity contribution < 1.29 is 13.6 Å². The molecule has 0 atom stereocenters. The second-order valence-corrected chi connectivity index (χ2v) is 4.14. The lowest BCUT2D eigenvalue weighted by atomic mass is 10.1. The highest BCUT2D eigenvalue weighted by Gasteiger charge is 2.25. The van der Waals surface area contributed by atoms with Crippen LogP contribution in [0.15, 0.2) is 42.6 Å². The summed E-state index contributed by atoms with van der Waals surface area (Å²) in [5.74, 6) is -1.04. The number of benzene rings is 1. The Bertz CT molecular complexity index is 711. The van der Waals surface area contributed by atoms with Crippen molar-refractivity contribution >= 4 is 17.4 Å². The van der Waals surface area contributed by atoms with E-state index >= 15 is 0 Å². The molecule has 0 spiro atoms. The molecular formula is C14H8F2N3O. The molecule has 0 unspecified atom stereocenters. The van der Waals surface area contributed by atoms with Gasteiger partial charge in [0, 0.05) is 23.4 Å². The van der Waals surface area contributed by atoms with Crippen LogP contribution >= 0.6 is 0 Å². The third-order valence-electron chi connectivity index (χ3n) is 2.81. The van der Waals surface area contributed by atoms with Crippen molar-refractivity contribution in [1.29, 1.82) is 0 Å². The molecule has 1 aliphatic heterocycles. The summed E-state index contributed by atoms with van der Waals surface area (Å²) in [5.41, 5.74) is 1.74. The molecule has 2 heterocycles. The average molecular weight is 272 g/mol. The van der Waals surface area contributed by atoms with Gasteiger partial charge >= 0.3 is 6.03 Å². The van der Waals surface area contributed by atoms with E-state index in [1.807, 2.05) is 0 Å². The molecular weight excluding hydrogens is 264 g/mol. The number of halogens is 2. The third-order valence-corrected chi connectivity index (χ3v) is 2.81. The Morgan fingerprint density at radius 2 is 1.75 bits per heavy atom. The first-order valence-corrected chi connectivity index (χ1v) is 5.78. The number of nitrogens with one attached hydrogen (secondary N) is 1. The molecule has 0 bridgehead atoms. The molecule has 20 heavy (non-hydrogen) atoms. The van der Waals surface area contributed by atoms with Crippen molar-refractivity contribution in [1.82, 2.24) is 15.6 Å². The van der Waals surface area contributed by atoms with Crippen LogP contribution in [0.2, 0.25) is 0 Å². The van der Waals surface area contributed by atoms with Crippen LogP contribution in [0.4, 0.5) is 13.6 Å². The van der Waals surface area contributed by atoms with E-state index in [0.717, 1.165) is 0 Å². The first-order chi connectivity index (χ1) is 9.63. The monoisotopic (exact) mass is 272 g/mol. The highest BCUT2D eigenvalue weighted by Crippen LogP contribution is 2.27. The first-order valence-electron chi connectivity index (χ1n) is 5.78. The summed E-state index contributed by atoms with van der Waals surface area (Å²) in [6, 6.07) is 7.76. The van der Waals surface area contributed by atoms with Crippen molar-refractivity contribution in [2.75, 3.05) is 0 Å². The van der Waals surface area contributed by atoms with Gasteiger partial charge in [-0.1, -0.05) is 0 Å². The zero-order valence-corrected chi connectivity index (χ0v) is 10.1. The lowest BCUT2D eigenvalue weighted by molar-refractivity contribution is 0.249. The molecule has 0 saturated carbocycles. The predicted octanol–water partition coefficient (Wildman–Crippen LogP) is 2.51. The van der Waals surface area contributed by atoms with Gasteiger partial charge in [0.25, 0.3) is 0 Å². The SMILES string of the molecule is O=C1[N]C(c2ccc(F)cc2)=C(c2ccnc(F)c2)N1. The Labute approximate surface area is 113 Å². The van der Waals surface area contributed by atoms with Crippen molar-refractivity contribution in [2.45, 2.75) is 0 Å². The molecule has 6 heteroatoms. The standard InChI is InChI=1S/C14H8F2N3O/c15-10-3-1-8(2-4-10)12-13(19-14(20)18-12)9-5-6-17-11(16)7-9/h1-7H,(H,19,20). The molecule has 1 radical (unpaired) electrons. The smallest absolute Gasteiger partial charge is 0.303 e. The summed E-state index contributed by atoms with van der Waals surface area (Å²) in [4.78, 5) is 14.9. The Morgan fingerprint density at radius 1 is 1.00 bits per heavy atom. The summed E-state index contributed by atoms with van der Waals surface area (Å²) < 4.78 is 26.1. The number of aromatic nitrogens is 1. The largest absolute Gasteiger partial charge is 0.346 e. The summed E-state index contributed by atoms with van der Waals surface area (Å²) in [5, 5.41) is 6.39. The molecule has 3 rings (SSSR count). The van der Waals surface area contributed by atoms with Crippen molar-refractivity contribution in [2.24, 2.45) is 0 Å². The Balaban J connectivity index is 2.11. The second-order valence-electron chi connectivity index (χ2n) is 4.14. The third kappa shape index (κ3) is 2.23. The van der Waals surface area contributed by atoms with Gasteiger partial charge in [0.15, 0.2) is 0 Å². The van der Waals surface area contributed by atoms with Crippen LogP contribution in [0.3, 0.4) is 0 Å². The number of amides is 2. The van der Waals surface area contributed by atoms with E-state index in [4.69, 9.17) is 0 Å². The Morgan fingerprint density at radius 3 is 2.45 bits per heavy atom. The van der Waals surface area contributed by atoms with Crippen LogP contribution in [0, 0.1) is 11.8 Å². The van der Waals surface area contributed by atoms with Gasteiger partial charge in [0.1, 0.15) is 11.5 Å². The van der Waals surface area contributed by atoms with Gasteiger partial charge in [-0.25, -0.2) is 14.2 Å². The zero-order chi connectivity index (χ0) is 14.1. The molecule has 2 amide bonds. The summed E-state index contributed by atoms with van der Waals surface area (Å²) >= 11 is 0. The maximum Gasteiger partial charge on any atom is 0.346 e. The molecule has 0 fully saturated rings. The van der Waals surface area contributed by atoms with Gasteiger partial charge in [-0.15, -0.1) is 0 Å². The van der Waals surface area contributed by atoms with E-state index in [2.05, 4.69) is 15.6 Å². The van der Waals surface area contributed by atoms with Gasteiger partial charge in [-0.2, -0.15) is 9.71 Å². The van der Waals surface area contributed by atoms with E-state index in [1.54, 1.807) is 6.07 Å². The van der Waals surface area contributed by atoms with E-state index in [-0.39, 0.29) is 5.82 Å². The van der Waals surface area contributed by atoms with Crippen molar-refractivity contribution in [3.8, 4) is 0 Å². The number of urea groups is 1.